The van der Waals surface area contributed by atoms with Crippen LogP contribution in [-0.2, 0) is 6.18 Å². The highest BCUT2D eigenvalue weighted by atomic mass is 19.4. The van der Waals surface area contributed by atoms with Crippen molar-refractivity contribution in [2.75, 3.05) is 11.9 Å². The third kappa shape index (κ3) is 6.45. The lowest BCUT2D eigenvalue weighted by Crippen LogP contribution is -2.07. The van der Waals surface area contributed by atoms with Crippen LogP contribution in [0.15, 0.2) is 18.3 Å². The quantitative estimate of drug-likeness (QED) is 0.684. The molecule has 1 heterocycles. The monoisotopic (exact) mass is 274 g/mol. The van der Waals surface area contributed by atoms with Crippen LogP contribution in [0, 0.1) is 0 Å². The largest absolute Gasteiger partial charge is 0.417 e. The van der Waals surface area contributed by atoms with Crippen LogP contribution >= 0.6 is 0 Å². The molecule has 0 saturated carbocycles. The molecule has 0 saturated heterocycles. The highest BCUT2D eigenvalue weighted by molar-refractivity contribution is 5.35. The van der Waals surface area contributed by atoms with Gasteiger partial charge in [-0.1, -0.05) is 39.0 Å². The number of aromatic nitrogens is 1. The zero-order chi connectivity index (χ0) is 14.1. The third-order valence-corrected chi connectivity index (χ3v) is 2.93. The molecule has 0 aromatic carbocycles. The number of anilines is 1. The summed E-state index contributed by atoms with van der Waals surface area (Å²) in [5, 5.41) is 3.04. The Morgan fingerprint density at radius 2 is 1.74 bits per heavy atom. The normalized spacial score (nSPS) is 11.6. The Morgan fingerprint density at radius 1 is 1.05 bits per heavy atom. The van der Waals surface area contributed by atoms with E-state index in [1.54, 1.807) is 0 Å². The average molecular weight is 274 g/mol. The standard InChI is InChI=1S/C14H21F3N2/c1-2-3-4-5-6-7-10-18-13-9-8-12(11-19-13)14(15,16)17/h8-9,11H,2-7,10H2,1H3,(H,18,19). The summed E-state index contributed by atoms with van der Waals surface area (Å²) in [6.45, 7) is 2.93. The predicted octanol–water partition coefficient (Wildman–Crippen LogP) is 4.87. The topological polar surface area (TPSA) is 24.9 Å². The summed E-state index contributed by atoms with van der Waals surface area (Å²) in [4.78, 5) is 3.76. The van der Waals surface area contributed by atoms with Gasteiger partial charge in [0, 0.05) is 12.7 Å². The van der Waals surface area contributed by atoms with E-state index in [0.29, 0.717) is 5.82 Å². The van der Waals surface area contributed by atoms with Gasteiger partial charge < -0.3 is 5.32 Å². The second-order valence-corrected chi connectivity index (χ2v) is 4.62. The molecule has 0 atom stereocenters. The first-order valence-corrected chi connectivity index (χ1v) is 6.81. The van der Waals surface area contributed by atoms with Crippen LogP contribution in [0.3, 0.4) is 0 Å². The lowest BCUT2D eigenvalue weighted by atomic mass is 10.1. The molecule has 0 bridgehead atoms. The van der Waals surface area contributed by atoms with Crippen LogP contribution in [0.4, 0.5) is 19.0 Å². The number of nitrogens with one attached hydrogen (secondary N) is 1. The molecule has 0 fully saturated rings. The minimum atomic E-state index is -4.31. The van der Waals surface area contributed by atoms with Gasteiger partial charge in [0.2, 0.25) is 0 Å². The van der Waals surface area contributed by atoms with Crippen molar-refractivity contribution in [1.29, 1.82) is 0 Å². The second-order valence-electron chi connectivity index (χ2n) is 4.62. The summed E-state index contributed by atoms with van der Waals surface area (Å²) in [6, 6.07) is 2.43. The summed E-state index contributed by atoms with van der Waals surface area (Å²) >= 11 is 0. The fraction of sp³-hybridized carbons (Fsp3) is 0.643. The molecule has 0 aliphatic heterocycles. The van der Waals surface area contributed by atoms with E-state index >= 15 is 0 Å². The van der Waals surface area contributed by atoms with Crippen molar-refractivity contribution in [3.8, 4) is 0 Å². The summed E-state index contributed by atoms with van der Waals surface area (Å²) in [7, 11) is 0. The lowest BCUT2D eigenvalue weighted by molar-refractivity contribution is -0.137. The van der Waals surface area contributed by atoms with Gasteiger partial charge in [-0.05, 0) is 18.6 Å². The SMILES string of the molecule is CCCCCCCCNc1ccc(C(F)(F)F)cn1. The number of hydrogen-bond donors (Lipinski definition) is 1. The van der Waals surface area contributed by atoms with E-state index in [1.165, 1.54) is 31.7 Å². The molecule has 1 rings (SSSR count). The van der Waals surface area contributed by atoms with E-state index in [2.05, 4.69) is 17.2 Å². The van der Waals surface area contributed by atoms with Crippen molar-refractivity contribution in [3.05, 3.63) is 23.9 Å². The number of halogens is 3. The van der Waals surface area contributed by atoms with E-state index in [9.17, 15) is 13.2 Å². The first-order valence-electron chi connectivity index (χ1n) is 6.81. The molecule has 19 heavy (non-hydrogen) atoms. The molecule has 2 nitrogen and oxygen atoms in total. The van der Waals surface area contributed by atoms with Gasteiger partial charge in [0.05, 0.1) is 5.56 Å². The highest BCUT2D eigenvalue weighted by Crippen LogP contribution is 2.28. The van der Waals surface area contributed by atoms with Gasteiger partial charge in [0.1, 0.15) is 5.82 Å². The van der Waals surface area contributed by atoms with Gasteiger partial charge in [-0.3, -0.25) is 0 Å². The number of pyridine rings is 1. The molecule has 5 heteroatoms. The molecule has 0 radical (unpaired) electrons. The number of hydrogen-bond acceptors (Lipinski definition) is 2. The Morgan fingerprint density at radius 3 is 2.32 bits per heavy atom. The summed E-state index contributed by atoms with van der Waals surface area (Å²) in [5.74, 6) is 0.501. The first kappa shape index (κ1) is 15.8. The van der Waals surface area contributed by atoms with Gasteiger partial charge in [-0.25, -0.2) is 4.98 Å². The van der Waals surface area contributed by atoms with E-state index in [-0.39, 0.29) is 0 Å². The van der Waals surface area contributed by atoms with E-state index in [1.807, 2.05) is 0 Å². The van der Waals surface area contributed by atoms with Gasteiger partial charge in [-0.2, -0.15) is 13.2 Å². The average Bonchev–Trinajstić information content (AvgIpc) is 2.37. The Kier molecular flexibility index (Phi) is 6.67. The van der Waals surface area contributed by atoms with Crippen molar-refractivity contribution < 1.29 is 13.2 Å². The molecule has 0 unspecified atom stereocenters. The molecule has 0 aliphatic carbocycles. The lowest BCUT2D eigenvalue weighted by Gasteiger charge is -2.08. The predicted molar refractivity (Wildman–Crippen MR) is 71.1 cm³/mol. The summed E-state index contributed by atoms with van der Waals surface area (Å²) in [5.41, 5.74) is -0.711. The Hall–Kier alpha value is -1.26. The molecular formula is C14H21F3N2. The maximum Gasteiger partial charge on any atom is 0.417 e. The smallest absolute Gasteiger partial charge is 0.370 e. The number of rotatable bonds is 8. The maximum absolute atomic E-state index is 12.3. The molecule has 1 aromatic heterocycles. The summed E-state index contributed by atoms with van der Waals surface area (Å²) in [6.07, 6.45) is 3.70. The first-order chi connectivity index (χ1) is 9.04. The fourth-order valence-corrected chi connectivity index (χ4v) is 1.79. The Labute approximate surface area is 112 Å². The maximum atomic E-state index is 12.3. The van der Waals surface area contributed by atoms with Crippen molar-refractivity contribution in [1.82, 2.24) is 4.98 Å². The van der Waals surface area contributed by atoms with Gasteiger partial charge in [0.25, 0.3) is 0 Å². The molecule has 0 spiro atoms. The van der Waals surface area contributed by atoms with E-state index in [4.69, 9.17) is 0 Å². The van der Waals surface area contributed by atoms with Gasteiger partial charge in [0.15, 0.2) is 0 Å². The molecule has 108 valence electrons. The molecular weight excluding hydrogens is 253 g/mol. The van der Waals surface area contributed by atoms with Gasteiger partial charge in [-0.15, -0.1) is 0 Å². The van der Waals surface area contributed by atoms with Crippen LogP contribution < -0.4 is 5.32 Å². The van der Waals surface area contributed by atoms with Gasteiger partial charge >= 0.3 is 6.18 Å². The number of nitrogens with zero attached hydrogens (tertiary/aromatic N) is 1. The summed E-state index contributed by atoms with van der Waals surface area (Å²) < 4.78 is 36.9. The van der Waals surface area contributed by atoms with Crippen LogP contribution in [-0.4, -0.2) is 11.5 Å². The molecule has 0 aliphatic rings. The number of unbranched alkanes of at least 4 members (excludes halogenated alkanes) is 5. The van der Waals surface area contributed by atoms with Crippen molar-refractivity contribution in [2.45, 2.75) is 51.6 Å². The molecule has 1 N–H and O–H groups in total. The minimum absolute atomic E-state index is 0.501. The van der Waals surface area contributed by atoms with E-state index in [0.717, 1.165) is 31.6 Å². The number of alkyl halides is 3. The van der Waals surface area contributed by atoms with E-state index < -0.39 is 11.7 Å². The van der Waals surface area contributed by atoms with Crippen LogP contribution in [0.1, 0.15) is 51.0 Å². The zero-order valence-corrected chi connectivity index (χ0v) is 11.3. The minimum Gasteiger partial charge on any atom is -0.370 e. The van der Waals surface area contributed by atoms with Crippen molar-refractivity contribution >= 4 is 5.82 Å². The Balaban J connectivity index is 2.20. The second kappa shape index (κ2) is 8.02. The zero-order valence-electron chi connectivity index (χ0n) is 11.3. The third-order valence-electron chi connectivity index (χ3n) is 2.93. The molecule has 1 aromatic rings. The Bertz CT molecular complexity index is 347. The van der Waals surface area contributed by atoms with Crippen LogP contribution in [0.25, 0.3) is 0 Å². The molecule has 0 amide bonds. The highest BCUT2D eigenvalue weighted by Gasteiger charge is 2.30. The van der Waals surface area contributed by atoms with Crippen molar-refractivity contribution in [3.63, 3.8) is 0 Å². The van der Waals surface area contributed by atoms with Crippen LogP contribution in [0.5, 0.6) is 0 Å². The van der Waals surface area contributed by atoms with Crippen molar-refractivity contribution in [2.24, 2.45) is 0 Å². The fourth-order valence-electron chi connectivity index (χ4n) is 1.79. The van der Waals surface area contributed by atoms with Crippen LogP contribution in [0.2, 0.25) is 0 Å².